The second kappa shape index (κ2) is 8.23. The fourth-order valence-corrected chi connectivity index (χ4v) is 3.96. The van der Waals surface area contributed by atoms with E-state index in [0.717, 1.165) is 23.9 Å². The standard InChI is InChI=1S/C21H26N2O3S/c1-16-5-10-19(27(2,25)26)13-20(16)21(24)22-14-17-6-8-18(9-7-17)15-23-11-3-4-12-23/h5-10,13H,3-4,11-12,14-15H2,1-2H3,(H,22,24). The number of aryl methyl sites for hydroxylation is 1. The average molecular weight is 387 g/mol. The van der Waals surface area contributed by atoms with Crippen LogP contribution in [0.4, 0.5) is 0 Å². The normalized spacial score (nSPS) is 15.0. The number of nitrogens with one attached hydrogen (secondary N) is 1. The molecule has 0 bridgehead atoms. The van der Waals surface area contributed by atoms with Crippen LogP contribution < -0.4 is 5.32 Å². The van der Waals surface area contributed by atoms with E-state index in [4.69, 9.17) is 0 Å². The van der Waals surface area contributed by atoms with Crippen molar-refractivity contribution in [2.45, 2.75) is 37.8 Å². The Hall–Kier alpha value is -2.18. The first kappa shape index (κ1) is 19.6. The highest BCUT2D eigenvalue weighted by atomic mass is 32.2. The molecule has 0 atom stereocenters. The summed E-state index contributed by atoms with van der Waals surface area (Å²) in [6, 6.07) is 12.9. The number of hydrogen-bond acceptors (Lipinski definition) is 4. The van der Waals surface area contributed by atoms with Crippen LogP contribution >= 0.6 is 0 Å². The molecule has 1 amide bonds. The van der Waals surface area contributed by atoms with Gasteiger partial charge < -0.3 is 5.32 Å². The highest BCUT2D eigenvalue weighted by molar-refractivity contribution is 7.90. The lowest BCUT2D eigenvalue weighted by Crippen LogP contribution is -2.24. The predicted octanol–water partition coefficient (Wildman–Crippen LogP) is 2.92. The first-order valence-corrected chi connectivity index (χ1v) is 11.1. The number of rotatable bonds is 6. The number of nitrogens with zero attached hydrogens (tertiary/aromatic N) is 1. The molecule has 144 valence electrons. The molecule has 0 saturated carbocycles. The van der Waals surface area contributed by atoms with Crippen LogP contribution in [-0.2, 0) is 22.9 Å². The SMILES string of the molecule is Cc1ccc(S(C)(=O)=O)cc1C(=O)NCc1ccc(CN2CCCC2)cc1. The van der Waals surface area contributed by atoms with Crippen molar-refractivity contribution in [1.29, 1.82) is 0 Å². The van der Waals surface area contributed by atoms with Gasteiger partial charge in [-0.1, -0.05) is 30.3 Å². The van der Waals surface area contributed by atoms with Crippen molar-refractivity contribution < 1.29 is 13.2 Å². The maximum absolute atomic E-state index is 12.5. The monoisotopic (exact) mass is 386 g/mol. The predicted molar refractivity (Wildman–Crippen MR) is 106 cm³/mol. The lowest BCUT2D eigenvalue weighted by Gasteiger charge is -2.15. The van der Waals surface area contributed by atoms with Gasteiger partial charge in [0.15, 0.2) is 9.84 Å². The Bertz CT molecular complexity index is 915. The van der Waals surface area contributed by atoms with E-state index in [1.807, 2.05) is 12.1 Å². The van der Waals surface area contributed by atoms with E-state index in [1.54, 1.807) is 13.0 Å². The van der Waals surface area contributed by atoms with E-state index in [1.165, 1.54) is 43.6 Å². The minimum Gasteiger partial charge on any atom is -0.348 e. The second-order valence-electron chi connectivity index (χ2n) is 7.23. The van der Waals surface area contributed by atoms with Gasteiger partial charge in [-0.25, -0.2) is 8.42 Å². The van der Waals surface area contributed by atoms with Crippen LogP contribution in [0.5, 0.6) is 0 Å². The molecule has 1 N–H and O–H groups in total. The fourth-order valence-electron chi connectivity index (χ4n) is 3.32. The van der Waals surface area contributed by atoms with Gasteiger partial charge in [0.2, 0.25) is 0 Å². The quantitative estimate of drug-likeness (QED) is 0.829. The molecule has 27 heavy (non-hydrogen) atoms. The molecule has 3 rings (SSSR count). The van der Waals surface area contributed by atoms with Crippen LogP contribution in [0.25, 0.3) is 0 Å². The van der Waals surface area contributed by atoms with E-state index in [9.17, 15) is 13.2 Å². The lowest BCUT2D eigenvalue weighted by molar-refractivity contribution is 0.0950. The largest absolute Gasteiger partial charge is 0.348 e. The molecule has 0 aliphatic carbocycles. The van der Waals surface area contributed by atoms with Crippen molar-refractivity contribution in [1.82, 2.24) is 10.2 Å². The summed E-state index contributed by atoms with van der Waals surface area (Å²) in [5, 5.41) is 2.88. The molecular weight excluding hydrogens is 360 g/mol. The summed E-state index contributed by atoms with van der Waals surface area (Å²) in [6.07, 6.45) is 3.71. The van der Waals surface area contributed by atoms with Crippen LogP contribution in [0.15, 0.2) is 47.4 Å². The van der Waals surface area contributed by atoms with Crippen molar-refractivity contribution in [2.75, 3.05) is 19.3 Å². The van der Waals surface area contributed by atoms with Crippen molar-refractivity contribution >= 4 is 15.7 Å². The summed E-state index contributed by atoms with van der Waals surface area (Å²) in [6.45, 7) is 5.52. The van der Waals surface area contributed by atoms with Crippen molar-refractivity contribution in [3.63, 3.8) is 0 Å². The summed E-state index contributed by atoms with van der Waals surface area (Å²) < 4.78 is 23.4. The number of benzene rings is 2. The Morgan fingerprint density at radius 2 is 1.67 bits per heavy atom. The van der Waals surface area contributed by atoms with Crippen molar-refractivity contribution in [3.05, 3.63) is 64.7 Å². The van der Waals surface area contributed by atoms with Crippen molar-refractivity contribution in [3.8, 4) is 0 Å². The summed E-state index contributed by atoms with van der Waals surface area (Å²) in [5.41, 5.74) is 3.44. The third kappa shape index (κ3) is 5.17. The smallest absolute Gasteiger partial charge is 0.251 e. The second-order valence-corrected chi connectivity index (χ2v) is 9.25. The molecule has 5 nitrogen and oxygen atoms in total. The van der Waals surface area contributed by atoms with Gasteiger partial charge in [-0.05, 0) is 61.7 Å². The van der Waals surface area contributed by atoms with Crippen LogP contribution in [0, 0.1) is 6.92 Å². The maximum Gasteiger partial charge on any atom is 0.251 e. The molecule has 0 spiro atoms. The first-order chi connectivity index (χ1) is 12.8. The van der Waals surface area contributed by atoms with Crippen LogP contribution in [0.2, 0.25) is 0 Å². The Morgan fingerprint density at radius 1 is 1.04 bits per heavy atom. The van der Waals surface area contributed by atoms with Gasteiger partial charge in [-0.3, -0.25) is 9.69 Å². The summed E-state index contributed by atoms with van der Waals surface area (Å²) in [7, 11) is -3.34. The van der Waals surface area contributed by atoms with Gasteiger partial charge in [0, 0.05) is 24.9 Å². The molecule has 0 unspecified atom stereocenters. The Balaban J connectivity index is 1.62. The maximum atomic E-state index is 12.5. The first-order valence-electron chi connectivity index (χ1n) is 9.22. The third-order valence-corrected chi connectivity index (χ3v) is 6.07. The summed E-state index contributed by atoms with van der Waals surface area (Å²) in [4.78, 5) is 15.1. The van der Waals surface area contributed by atoms with E-state index in [-0.39, 0.29) is 10.8 Å². The number of sulfone groups is 1. The molecular formula is C21H26N2O3S. The molecule has 2 aromatic carbocycles. The fraction of sp³-hybridized carbons (Fsp3) is 0.381. The minimum absolute atomic E-state index is 0.157. The molecule has 1 fully saturated rings. The topological polar surface area (TPSA) is 66.5 Å². The molecule has 0 radical (unpaired) electrons. The molecule has 1 aliphatic heterocycles. The Labute approximate surface area is 161 Å². The lowest BCUT2D eigenvalue weighted by atomic mass is 10.1. The molecule has 1 saturated heterocycles. The van der Waals surface area contributed by atoms with Gasteiger partial charge in [0.1, 0.15) is 0 Å². The highest BCUT2D eigenvalue weighted by Gasteiger charge is 2.15. The average Bonchev–Trinajstić information content (AvgIpc) is 3.13. The van der Waals surface area contributed by atoms with Gasteiger partial charge >= 0.3 is 0 Å². The zero-order chi connectivity index (χ0) is 19.4. The minimum atomic E-state index is -3.34. The number of amides is 1. The Kier molecular flexibility index (Phi) is 5.97. The van der Waals surface area contributed by atoms with Crippen LogP contribution in [-0.4, -0.2) is 38.6 Å². The molecule has 0 aromatic heterocycles. The summed E-state index contributed by atoms with van der Waals surface area (Å²) >= 11 is 0. The molecule has 2 aromatic rings. The van der Waals surface area contributed by atoms with E-state index >= 15 is 0 Å². The zero-order valence-electron chi connectivity index (χ0n) is 15.9. The zero-order valence-corrected chi connectivity index (χ0v) is 16.7. The number of likely N-dealkylation sites (tertiary alicyclic amines) is 1. The Morgan fingerprint density at radius 3 is 2.30 bits per heavy atom. The van der Waals surface area contributed by atoms with E-state index in [0.29, 0.717) is 12.1 Å². The molecule has 1 aliphatic rings. The highest BCUT2D eigenvalue weighted by Crippen LogP contribution is 2.16. The van der Waals surface area contributed by atoms with Crippen molar-refractivity contribution in [2.24, 2.45) is 0 Å². The summed E-state index contributed by atoms with van der Waals surface area (Å²) in [5.74, 6) is -0.265. The van der Waals surface area contributed by atoms with Crippen LogP contribution in [0.3, 0.4) is 0 Å². The van der Waals surface area contributed by atoms with Gasteiger partial charge in [0.25, 0.3) is 5.91 Å². The number of hydrogen-bond donors (Lipinski definition) is 1. The molecule has 6 heteroatoms. The molecule has 1 heterocycles. The van der Waals surface area contributed by atoms with Gasteiger partial charge in [-0.15, -0.1) is 0 Å². The third-order valence-electron chi connectivity index (χ3n) is 4.96. The van der Waals surface area contributed by atoms with Gasteiger partial charge in [0.05, 0.1) is 4.90 Å². The number of carbonyl (C=O) groups is 1. The van der Waals surface area contributed by atoms with E-state index < -0.39 is 9.84 Å². The number of carbonyl (C=O) groups excluding carboxylic acids is 1. The van der Waals surface area contributed by atoms with Crippen LogP contribution in [0.1, 0.15) is 39.9 Å². The van der Waals surface area contributed by atoms with E-state index in [2.05, 4.69) is 22.3 Å². The van der Waals surface area contributed by atoms with Gasteiger partial charge in [-0.2, -0.15) is 0 Å².